The summed E-state index contributed by atoms with van der Waals surface area (Å²) in [4.78, 5) is 12.3. The predicted molar refractivity (Wildman–Crippen MR) is 90.8 cm³/mol. The first-order valence-corrected chi connectivity index (χ1v) is 10.7. The summed E-state index contributed by atoms with van der Waals surface area (Å²) in [6.45, 7) is 0.964. The molecule has 0 aromatic carbocycles. The van der Waals surface area contributed by atoms with Gasteiger partial charge in [0.25, 0.3) is 10.0 Å². The van der Waals surface area contributed by atoms with Crippen LogP contribution in [-0.4, -0.2) is 37.8 Å². The zero-order chi connectivity index (χ0) is 16.3. The molecule has 1 aliphatic carbocycles. The average molecular weight is 357 g/mol. The maximum atomic E-state index is 12.5. The number of nitrogens with zero attached hydrogens (tertiary/aromatic N) is 1. The Balaban J connectivity index is 1.51. The molecule has 1 aliphatic heterocycles. The van der Waals surface area contributed by atoms with E-state index in [4.69, 9.17) is 0 Å². The Morgan fingerprint density at radius 3 is 2.43 bits per heavy atom. The van der Waals surface area contributed by atoms with E-state index in [0.717, 1.165) is 25.7 Å². The van der Waals surface area contributed by atoms with E-state index in [9.17, 15) is 13.2 Å². The average Bonchev–Trinajstić information content (AvgIpc) is 3.11. The van der Waals surface area contributed by atoms with Gasteiger partial charge < -0.3 is 5.32 Å². The quantitative estimate of drug-likeness (QED) is 0.902. The molecule has 23 heavy (non-hydrogen) atoms. The van der Waals surface area contributed by atoms with Crippen molar-refractivity contribution in [2.75, 3.05) is 13.1 Å². The smallest absolute Gasteiger partial charge is 0.252 e. The highest BCUT2D eigenvalue weighted by Gasteiger charge is 2.31. The number of hydrogen-bond donors (Lipinski definition) is 1. The third kappa shape index (κ3) is 3.95. The van der Waals surface area contributed by atoms with Crippen LogP contribution in [0.5, 0.6) is 0 Å². The maximum Gasteiger partial charge on any atom is 0.252 e. The number of carbonyl (C=O) groups excluding carboxylic acids is 1. The normalized spacial score (nSPS) is 22.1. The predicted octanol–water partition coefficient (Wildman–Crippen LogP) is 2.60. The highest BCUT2D eigenvalue weighted by atomic mass is 32.2. The molecule has 128 valence electrons. The lowest BCUT2D eigenvalue weighted by atomic mass is 9.88. The van der Waals surface area contributed by atoms with Gasteiger partial charge >= 0.3 is 0 Å². The molecule has 1 saturated heterocycles. The van der Waals surface area contributed by atoms with Gasteiger partial charge in [0.05, 0.1) is 0 Å². The van der Waals surface area contributed by atoms with Gasteiger partial charge in [-0.3, -0.25) is 4.79 Å². The fourth-order valence-corrected chi connectivity index (χ4v) is 6.08. The van der Waals surface area contributed by atoms with E-state index < -0.39 is 10.0 Å². The minimum atomic E-state index is -3.35. The number of carbonyl (C=O) groups is 1. The molecule has 1 saturated carbocycles. The van der Waals surface area contributed by atoms with E-state index in [1.807, 2.05) is 0 Å². The molecule has 0 radical (unpaired) electrons. The molecule has 7 heteroatoms. The molecule has 0 spiro atoms. The molecule has 0 bridgehead atoms. The van der Waals surface area contributed by atoms with Crippen LogP contribution in [-0.2, 0) is 14.8 Å². The number of sulfonamides is 1. The molecule has 2 fully saturated rings. The molecule has 0 unspecified atom stereocenters. The SMILES string of the molecule is O=C(NC1CCN(S(=O)(=O)c2cccs2)CC1)C1CCCCC1. The third-order valence-electron chi connectivity index (χ3n) is 4.87. The van der Waals surface area contributed by atoms with Crippen LogP contribution >= 0.6 is 11.3 Å². The van der Waals surface area contributed by atoms with Gasteiger partial charge in [-0.15, -0.1) is 11.3 Å². The summed E-state index contributed by atoms with van der Waals surface area (Å²) in [5.74, 6) is 0.334. The van der Waals surface area contributed by atoms with Crippen LogP contribution in [0.3, 0.4) is 0 Å². The van der Waals surface area contributed by atoms with Crippen LogP contribution in [0, 0.1) is 5.92 Å². The Hall–Kier alpha value is -0.920. The highest BCUT2D eigenvalue weighted by molar-refractivity contribution is 7.91. The van der Waals surface area contributed by atoms with Crippen molar-refractivity contribution in [3.8, 4) is 0 Å². The van der Waals surface area contributed by atoms with E-state index in [2.05, 4.69) is 5.32 Å². The first-order chi connectivity index (χ1) is 11.1. The summed E-state index contributed by atoms with van der Waals surface area (Å²) in [7, 11) is -3.35. The van der Waals surface area contributed by atoms with Crippen molar-refractivity contribution in [3.63, 3.8) is 0 Å². The molecule has 0 atom stereocenters. The monoisotopic (exact) mass is 356 g/mol. The van der Waals surface area contributed by atoms with Gasteiger partial charge in [0.15, 0.2) is 0 Å². The summed E-state index contributed by atoms with van der Waals surface area (Å²) < 4.78 is 26.9. The van der Waals surface area contributed by atoms with Gasteiger partial charge in [-0.1, -0.05) is 25.3 Å². The summed E-state index contributed by atoms with van der Waals surface area (Å²) in [6.07, 6.45) is 6.93. The number of hydrogen-bond acceptors (Lipinski definition) is 4. The number of rotatable bonds is 4. The van der Waals surface area contributed by atoms with E-state index in [-0.39, 0.29) is 17.9 Å². The van der Waals surface area contributed by atoms with E-state index >= 15 is 0 Å². The molecule has 1 aromatic heterocycles. The third-order valence-corrected chi connectivity index (χ3v) is 8.14. The second-order valence-corrected chi connectivity index (χ2v) is 9.57. The first-order valence-electron chi connectivity index (χ1n) is 8.41. The summed E-state index contributed by atoms with van der Waals surface area (Å²) in [5, 5.41) is 4.92. The van der Waals surface area contributed by atoms with Crippen LogP contribution in [0.4, 0.5) is 0 Å². The number of nitrogens with one attached hydrogen (secondary N) is 1. The van der Waals surface area contributed by atoms with Gasteiger partial charge in [-0.2, -0.15) is 4.31 Å². The second kappa shape index (κ2) is 7.32. The van der Waals surface area contributed by atoms with Crippen molar-refractivity contribution < 1.29 is 13.2 Å². The van der Waals surface area contributed by atoms with E-state index in [0.29, 0.717) is 30.1 Å². The molecule has 1 aromatic rings. The van der Waals surface area contributed by atoms with Crippen LogP contribution < -0.4 is 5.32 Å². The zero-order valence-corrected chi connectivity index (χ0v) is 14.9. The first kappa shape index (κ1) is 16.9. The van der Waals surface area contributed by atoms with E-state index in [1.54, 1.807) is 21.8 Å². The molecule has 1 N–H and O–H groups in total. The fraction of sp³-hybridized carbons (Fsp3) is 0.688. The molecular weight excluding hydrogens is 332 g/mol. The van der Waals surface area contributed by atoms with Gasteiger partial charge in [0, 0.05) is 25.0 Å². The Labute approximate surface area is 142 Å². The molecule has 2 heterocycles. The summed E-state index contributed by atoms with van der Waals surface area (Å²) in [6, 6.07) is 3.52. The van der Waals surface area contributed by atoms with Crippen molar-refractivity contribution in [1.29, 1.82) is 0 Å². The van der Waals surface area contributed by atoms with Crippen molar-refractivity contribution in [2.24, 2.45) is 5.92 Å². The van der Waals surface area contributed by atoms with Gasteiger partial charge in [0.2, 0.25) is 5.91 Å². The minimum Gasteiger partial charge on any atom is -0.353 e. The van der Waals surface area contributed by atoms with Crippen molar-refractivity contribution in [2.45, 2.75) is 55.2 Å². The topological polar surface area (TPSA) is 66.5 Å². The van der Waals surface area contributed by atoms with Crippen molar-refractivity contribution >= 4 is 27.3 Å². The number of piperidine rings is 1. The van der Waals surface area contributed by atoms with Gasteiger partial charge in [0.1, 0.15) is 4.21 Å². The Kier molecular flexibility index (Phi) is 5.38. The molecule has 1 amide bonds. The van der Waals surface area contributed by atoms with E-state index in [1.165, 1.54) is 17.8 Å². The number of amides is 1. The lowest BCUT2D eigenvalue weighted by Crippen LogP contribution is -2.47. The molecule has 3 rings (SSSR count). The molecule has 5 nitrogen and oxygen atoms in total. The number of thiophene rings is 1. The lowest BCUT2D eigenvalue weighted by molar-refractivity contribution is -0.126. The Bertz CT molecular complexity index is 614. The van der Waals surface area contributed by atoms with Crippen LogP contribution in [0.1, 0.15) is 44.9 Å². The second-order valence-electron chi connectivity index (χ2n) is 6.45. The summed E-state index contributed by atoms with van der Waals surface area (Å²) in [5.41, 5.74) is 0. The molecular formula is C16H24N2O3S2. The van der Waals surface area contributed by atoms with Gasteiger partial charge in [-0.25, -0.2) is 8.42 Å². The van der Waals surface area contributed by atoms with Crippen molar-refractivity contribution in [1.82, 2.24) is 9.62 Å². The Morgan fingerprint density at radius 1 is 1.13 bits per heavy atom. The highest BCUT2D eigenvalue weighted by Crippen LogP contribution is 2.26. The lowest BCUT2D eigenvalue weighted by Gasteiger charge is -2.32. The fourth-order valence-electron chi connectivity index (χ4n) is 3.46. The largest absolute Gasteiger partial charge is 0.353 e. The maximum absolute atomic E-state index is 12.5. The van der Waals surface area contributed by atoms with Gasteiger partial charge in [-0.05, 0) is 37.1 Å². The zero-order valence-electron chi connectivity index (χ0n) is 13.2. The minimum absolute atomic E-state index is 0.110. The van der Waals surface area contributed by atoms with Crippen LogP contribution in [0.2, 0.25) is 0 Å². The Morgan fingerprint density at radius 2 is 1.83 bits per heavy atom. The van der Waals surface area contributed by atoms with Crippen LogP contribution in [0.15, 0.2) is 21.7 Å². The molecule has 2 aliphatic rings. The summed E-state index contributed by atoms with van der Waals surface area (Å²) >= 11 is 1.25. The van der Waals surface area contributed by atoms with Crippen molar-refractivity contribution in [3.05, 3.63) is 17.5 Å². The standard InChI is InChI=1S/C16H24N2O3S2/c19-16(13-5-2-1-3-6-13)17-14-8-10-18(11-9-14)23(20,21)15-7-4-12-22-15/h4,7,12-14H,1-3,5-6,8-11H2,(H,17,19). The van der Waals surface area contributed by atoms with Crippen LogP contribution in [0.25, 0.3) is 0 Å².